The van der Waals surface area contributed by atoms with E-state index in [0.717, 1.165) is 16.3 Å². The molecule has 0 amide bonds. The molecule has 0 saturated carbocycles. The molecule has 0 saturated heterocycles. The van der Waals surface area contributed by atoms with E-state index in [2.05, 4.69) is 4.98 Å². The number of carbonyl (C=O) groups is 1. The Morgan fingerprint density at radius 2 is 2.54 bits per heavy atom. The average Bonchev–Trinajstić information content (AvgIpc) is 2.43. The van der Waals surface area contributed by atoms with E-state index < -0.39 is 12.1 Å². The fourth-order valence-corrected chi connectivity index (χ4v) is 2.35. The molecule has 0 aromatic carbocycles. The maximum atomic E-state index is 10.8. The van der Waals surface area contributed by atoms with Crippen molar-refractivity contribution < 1.29 is 14.6 Å². The highest BCUT2D eigenvalue weighted by atomic mass is 32.1. The number of aryl methyl sites for hydroxylation is 1. The van der Waals surface area contributed by atoms with Gasteiger partial charge < -0.3 is 9.84 Å². The normalized spacial score (nSPS) is 21.2. The number of nitrogens with zero attached hydrogens (tertiary/aromatic N) is 1. The van der Waals surface area contributed by atoms with E-state index in [4.69, 9.17) is 9.84 Å². The van der Waals surface area contributed by atoms with Crippen molar-refractivity contribution in [2.24, 2.45) is 0 Å². The Morgan fingerprint density at radius 1 is 1.77 bits per heavy atom. The molecule has 0 spiro atoms. The van der Waals surface area contributed by atoms with Crippen molar-refractivity contribution in [3.63, 3.8) is 0 Å². The number of aliphatic carboxylic acids is 1. The minimum Gasteiger partial charge on any atom is -0.479 e. The molecule has 0 fully saturated rings. The molecule has 4 nitrogen and oxygen atoms in total. The van der Waals surface area contributed by atoms with Crippen molar-refractivity contribution in [3.8, 4) is 0 Å². The maximum absolute atomic E-state index is 10.8. The number of thiazole rings is 1. The summed E-state index contributed by atoms with van der Waals surface area (Å²) in [5, 5.41) is 9.74. The Morgan fingerprint density at radius 3 is 3.23 bits per heavy atom. The number of carboxylic acids is 1. The molecule has 1 unspecified atom stereocenters. The zero-order valence-corrected chi connectivity index (χ0v) is 7.93. The van der Waals surface area contributed by atoms with Crippen LogP contribution in [0, 0.1) is 6.92 Å². The molecule has 0 bridgehead atoms. The van der Waals surface area contributed by atoms with Crippen LogP contribution < -0.4 is 0 Å². The summed E-state index contributed by atoms with van der Waals surface area (Å²) in [6.07, 6.45) is -0.0707. The lowest BCUT2D eigenvalue weighted by molar-refractivity contribution is -0.151. The maximum Gasteiger partial charge on any atom is 0.339 e. The first kappa shape index (κ1) is 8.65. The Hall–Kier alpha value is -0.940. The highest BCUT2D eigenvalue weighted by Crippen LogP contribution is 2.30. The van der Waals surface area contributed by atoms with Gasteiger partial charge in [0.15, 0.2) is 6.10 Å². The van der Waals surface area contributed by atoms with Gasteiger partial charge >= 0.3 is 5.97 Å². The lowest BCUT2D eigenvalue weighted by Gasteiger charge is -2.17. The summed E-state index contributed by atoms with van der Waals surface area (Å²) in [5.41, 5.74) is 0.598. The summed E-state index contributed by atoms with van der Waals surface area (Å²) in [7, 11) is 0. The molecule has 13 heavy (non-hydrogen) atoms. The van der Waals surface area contributed by atoms with Gasteiger partial charge in [-0.2, -0.15) is 0 Å². The number of aromatic nitrogens is 1. The fourth-order valence-electron chi connectivity index (χ4n) is 1.41. The first-order valence-corrected chi connectivity index (χ1v) is 4.80. The summed E-state index contributed by atoms with van der Waals surface area (Å²) < 4.78 is 5.12. The van der Waals surface area contributed by atoms with Gasteiger partial charge in [0.05, 0.1) is 17.3 Å². The van der Waals surface area contributed by atoms with Crippen molar-refractivity contribution in [2.75, 3.05) is 6.61 Å². The van der Waals surface area contributed by atoms with Gasteiger partial charge in [0.25, 0.3) is 0 Å². The van der Waals surface area contributed by atoms with E-state index in [9.17, 15) is 4.79 Å². The molecule has 0 radical (unpaired) electrons. The van der Waals surface area contributed by atoms with E-state index in [1.165, 1.54) is 0 Å². The zero-order valence-electron chi connectivity index (χ0n) is 7.11. The van der Waals surface area contributed by atoms with Crippen LogP contribution in [0.25, 0.3) is 0 Å². The number of hydrogen-bond donors (Lipinski definition) is 1. The molecule has 70 valence electrons. The first-order valence-electron chi connectivity index (χ1n) is 3.99. The van der Waals surface area contributed by atoms with Gasteiger partial charge in [-0.3, -0.25) is 0 Å². The number of rotatable bonds is 1. The minimum absolute atomic E-state index is 0.478. The molecule has 1 N–H and O–H groups in total. The van der Waals surface area contributed by atoms with Crippen LogP contribution in [0.5, 0.6) is 0 Å². The molecular formula is C8H9NO3S. The van der Waals surface area contributed by atoms with Gasteiger partial charge in [-0.05, 0) is 6.92 Å². The van der Waals surface area contributed by atoms with Crippen LogP contribution in [0.1, 0.15) is 21.7 Å². The molecule has 1 aromatic rings. The number of hydrogen-bond acceptors (Lipinski definition) is 4. The SMILES string of the molecule is Cc1nc2c(s1)CCOC2C(=O)O. The van der Waals surface area contributed by atoms with Gasteiger partial charge in [-0.1, -0.05) is 0 Å². The quantitative estimate of drug-likeness (QED) is 0.737. The van der Waals surface area contributed by atoms with E-state index in [1.54, 1.807) is 11.3 Å². The van der Waals surface area contributed by atoms with Crippen molar-refractivity contribution >= 4 is 17.3 Å². The van der Waals surface area contributed by atoms with E-state index >= 15 is 0 Å². The third kappa shape index (κ3) is 1.45. The predicted octanol–water partition coefficient (Wildman–Crippen LogP) is 1.15. The van der Waals surface area contributed by atoms with Crippen LogP contribution in [0.15, 0.2) is 0 Å². The average molecular weight is 199 g/mol. The lowest BCUT2D eigenvalue weighted by atomic mass is 10.1. The third-order valence-electron chi connectivity index (χ3n) is 1.92. The first-order chi connectivity index (χ1) is 6.18. The van der Waals surface area contributed by atoms with E-state index in [0.29, 0.717) is 12.3 Å². The summed E-state index contributed by atoms with van der Waals surface area (Å²) >= 11 is 1.56. The fraction of sp³-hybridized carbons (Fsp3) is 0.500. The van der Waals surface area contributed by atoms with Gasteiger partial charge in [0.2, 0.25) is 0 Å². The Kier molecular flexibility index (Phi) is 2.05. The molecular weight excluding hydrogens is 190 g/mol. The number of carboxylic acid groups (broad SMARTS) is 1. The van der Waals surface area contributed by atoms with Crippen molar-refractivity contribution in [1.82, 2.24) is 4.98 Å². The van der Waals surface area contributed by atoms with Gasteiger partial charge in [-0.15, -0.1) is 11.3 Å². The van der Waals surface area contributed by atoms with Crippen LogP contribution in [0.3, 0.4) is 0 Å². The van der Waals surface area contributed by atoms with Crippen LogP contribution in [-0.2, 0) is 16.0 Å². The summed E-state index contributed by atoms with van der Waals surface area (Å²) in [5.74, 6) is -0.953. The van der Waals surface area contributed by atoms with E-state index in [-0.39, 0.29) is 0 Å². The van der Waals surface area contributed by atoms with Crippen LogP contribution >= 0.6 is 11.3 Å². The lowest BCUT2D eigenvalue weighted by Crippen LogP contribution is -2.22. The molecule has 1 aliphatic rings. The zero-order chi connectivity index (χ0) is 9.42. The van der Waals surface area contributed by atoms with Crippen molar-refractivity contribution in [1.29, 1.82) is 0 Å². The summed E-state index contributed by atoms with van der Waals surface area (Å²) in [6, 6.07) is 0. The molecule has 1 atom stereocenters. The van der Waals surface area contributed by atoms with Crippen molar-refractivity contribution in [3.05, 3.63) is 15.6 Å². The minimum atomic E-state index is -0.953. The molecule has 5 heteroatoms. The van der Waals surface area contributed by atoms with Gasteiger partial charge in [0.1, 0.15) is 0 Å². The third-order valence-corrected chi connectivity index (χ3v) is 2.97. The Balaban J connectivity index is 2.41. The molecule has 1 aromatic heterocycles. The van der Waals surface area contributed by atoms with Crippen LogP contribution in [0.2, 0.25) is 0 Å². The highest BCUT2D eigenvalue weighted by Gasteiger charge is 2.30. The van der Waals surface area contributed by atoms with Crippen molar-refractivity contribution in [2.45, 2.75) is 19.4 Å². The second-order valence-electron chi connectivity index (χ2n) is 2.88. The number of fused-ring (bicyclic) bond motifs is 1. The summed E-state index contributed by atoms with van der Waals surface area (Å²) in [6.45, 7) is 2.35. The van der Waals surface area contributed by atoms with E-state index in [1.807, 2.05) is 6.92 Å². The Bertz CT molecular complexity index is 347. The topological polar surface area (TPSA) is 59.4 Å². The molecule has 0 aliphatic carbocycles. The van der Waals surface area contributed by atoms with Gasteiger partial charge in [0, 0.05) is 11.3 Å². The standard InChI is InChI=1S/C8H9NO3S/c1-4-9-6-5(13-4)2-3-12-7(6)8(10)11/h7H,2-3H2,1H3,(H,10,11). The smallest absolute Gasteiger partial charge is 0.339 e. The molecule has 1 aliphatic heterocycles. The largest absolute Gasteiger partial charge is 0.479 e. The molecule has 2 rings (SSSR count). The Labute approximate surface area is 79.2 Å². The molecule has 2 heterocycles. The van der Waals surface area contributed by atoms with Crippen LogP contribution in [-0.4, -0.2) is 22.7 Å². The second-order valence-corrected chi connectivity index (χ2v) is 4.17. The summed E-state index contributed by atoms with van der Waals surface area (Å²) in [4.78, 5) is 16.0. The van der Waals surface area contributed by atoms with Gasteiger partial charge in [-0.25, -0.2) is 9.78 Å². The van der Waals surface area contributed by atoms with Crippen LogP contribution in [0.4, 0.5) is 0 Å². The second kappa shape index (κ2) is 3.08. The predicted molar refractivity (Wildman–Crippen MR) is 46.9 cm³/mol. The monoisotopic (exact) mass is 199 g/mol. The highest BCUT2D eigenvalue weighted by molar-refractivity contribution is 7.11. The number of ether oxygens (including phenoxy) is 1.